The van der Waals surface area contributed by atoms with E-state index in [1.54, 1.807) is 30.3 Å². The van der Waals surface area contributed by atoms with Crippen LogP contribution in [-0.4, -0.2) is 60.6 Å². The predicted octanol–water partition coefficient (Wildman–Crippen LogP) is 0.813. The van der Waals surface area contributed by atoms with Gasteiger partial charge >= 0.3 is 29.8 Å². The Morgan fingerprint density at radius 1 is 0.719 bits per heavy atom. The maximum atomic E-state index is 12.8. The Labute approximate surface area is 183 Å². The molecule has 0 aromatic heterocycles. The first kappa shape index (κ1) is 24.8. The smallest absolute Gasteiger partial charge is 0.339 e. The van der Waals surface area contributed by atoms with Crippen LogP contribution in [0.4, 0.5) is 0 Å². The van der Waals surface area contributed by atoms with Crippen LogP contribution >= 0.6 is 0 Å². The largest absolute Gasteiger partial charge is 0.459 e. The van der Waals surface area contributed by atoms with E-state index in [0.29, 0.717) is 5.56 Å². The van der Waals surface area contributed by atoms with Gasteiger partial charge in [0.05, 0.1) is 0 Å². The van der Waals surface area contributed by atoms with Crippen LogP contribution in [0.2, 0.25) is 0 Å². The van der Waals surface area contributed by atoms with Gasteiger partial charge < -0.3 is 28.4 Å². The third-order valence-electron chi connectivity index (χ3n) is 4.14. The van der Waals surface area contributed by atoms with Gasteiger partial charge in [0.15, 0.2) is 18.3 Å². The molecule has 0 unspecified atom stereocenters. The maximum Gasteiger partial charge on any atom is 0.339 e. The second-order valence-corrected chi connectivity index (χ2v) is 6.85. The quantitative estimate of drug-likeness (QED) is 0.429. The molecule has 174 valence electrons. The molecule has 0 N–H and O–H groups in total. The average Bonchev–Trinajstić information content (AvgIpc) is 2.69. The van der Waals surface area contributed by atoms with Crippen molar-refractivity contribution in [3.05, 3.63) is 35.9 Å². The van der Waals surface area contributed by atoms with Crippen molar-refractivity contribution < 1.29 is 52.4 Å². The minimum absolute atomic E-state index is 0.129. The highest BCUT2D eigenvalue weighted by Crippen LogP contribution is 2.30. The van der Waals surface area contributed by atoms with Gasteiger partial charge in [-0.3, -0.25) is 19.2 Å². The molecule has 0 bridgehead atoms. The lowest BCUT2D eigenvalue weighted by atomic mass is 9.97. The number of hydrogen-bond acceptors (Lipinski definition) is 11. The maximum absolute atomic E-state index is 12.8. The van der Waals surface area contributed by atoms with Gasteiger partial charge in [0.2, 0.25) is 12.4 Å². The summed E-state index contributed by atoms with van der Waals surface area (Å²) in [7, 11) is 0. The average molecular weight is 452 g/mol. The summed E-state index contributed by atoms with van der Waals surface area (Å²) in [6, 6.07) is 8.73. The van der Waals surface area contributed by atoms with Crippen LogP contribution in [0.3, 0.4) is 0 Å². The van der Waals surface area contributed by atoms with E-state index in [2.05, 4.69) is 0 Å². The molecule has 32 heavy (non-hydrogen) atoms. The molecule has 1 aliphatic heterocycles. The number of carbonyl (C=O) groups is 5. The molecule has 0 saturated carbocycles. The van der Waals surface area contributed by atoms with E-state index < -0.39 is 60.6 Å². The number of hydrogen-bond donors (Lipinski definition) is 0. The van der Waals surface area contributed by atoms with Crippen molar-refractivity contribution in [2.75, 3.05) is 0 Å². The molecular formula is C21H24O11. The third kappa shape index (κ3) is 7.05. The SMILES string of the molecule is CC(=O)O[C@@H]1O[C@H](C(=O)OCc2ccccc2)[C@@H](OC(C)=O)[C@H](OC(C)=O)[C@H]1OC(C)=O. The zero-order chi connectivity index (χ0) is 23.8. The number of ether oxygens (including phenoxy) is 6. The van der Waals surface area contributed by atoms with Gasteiger partial charge in [-0.2, -0.15) is 0 Å². The molecule has 0 aliphatic carbocycles. The molecule has 1 fully saturated rings. The zero-order valence-corrected chi connectivity index (χ0v) is 18.0. The molecule has 5 atom stereocenters. The first-order chi connectivity index (χ1) is 15.1. The summed E-state index contributed by atoms with van der Waals surface area (Å²) in [5.41, 5.74) is 0.673. The Kier molecular flexibility index (Phi) is 8.71. The Morgan fingerprint density at radius 2 is 1.22 bits per heavy atom. The summed E-state index contributed by atoms with van der Waals surface area (Å²) in [4.78, 5) is 59.5. The lowest BCUT2D eigenvalue weighted by Gasteiger charge is -2.42. The topological polar surface area (TPSA) is 141 Å². The van der Waals surface area contributed by atoms with Crippen molar-refractivity contribution in [3.63, 3.8) is 0 Å². The summed E-state index contributed by atoms with van der Waals surface area (Å²) in [6.07, 6.45) is -7.86. The first-order valence-corrected chi connectivity index (χ1v) is 9.63. The summed E-state index contributed by atoms with van der Waals surface area (Å²) >= 11 is 0. The van der Waals surface area contributed by atoms with Crippen LogP contribution in [0.15, 0.2) is 30.3 Å². The minimum atomic E-state index is -1.65. The van der Waals surface area contributed by atoms with Crippen LogP contribution in [0.1, 0.15) is 33.3 Å². The molecule has 11 nitrogen and oxygen atoms in total. The van der Waals surface area contributed by atoms with E-state index in [1.807, 2.05) is 0 Å². The summed E-state index contributed by atoms with van der Waals surface area (Å²) < 4.78 is 31.3. The standard InChI is InChI=1S/C21H24O11/c1-11(22)28-16-17(29-12(2)23)19(30-13(3)24)21(31-14(4)25)32-18(16)20(26)27-10-15-8-6-5-7-9-15/h5-9,16-19,21H,10H2,1-4H3/t16-,17-,18-,19+,21+/m0/s1. The van der Waals surface area contributed by atoms with Crippen molar-refractivity contribution in [3.8, 4) is 0 Å². The number of carbonyl (C=O) groups excluding carboxylic acids is 5. The number of rotatable bonds is 7. The molecule has 0 amide bonds. The minimum Gasteiger partial charge on any atom is -0.459 e. The van der Waals surface area contributed by atoms with Crippen molar-refractivity contribution in [1.29, 1.82) is 0 Å². The van der Waals surface area contributed by atoms with Gasteiger partial charge in [-0.15, -0.1) is 0 Å². The molecule has 2 rings (SSSR count). The normalized spacial score (nSPS) is 24.6. The molecule has 1 aromatic carbocycles. The van der Waals surface area contributed by atoms with E-state index in [1.165, 1.54) is 0 Å². The van der Waals surface area contributed by atoms with Crippen LogP contribution < -0.4 is 0 Å². The van der Waals surface area contributed by atoms with Gasteiger partial charge in [0.25, 0.3) is 0 Å². The third-order valence-corrected chi connectivity index (χ3v) is 4.14. The van der Waals surface area contributed by atoms with E-state index >= 15 is 0 Å². The predicted molar refractivity (Wildman–Crippen MR) is 103 cm³/mol. The zero-order valence-electron chi connectivity index (χ0n) is 18.0. The lowest BCUT2D eigenvalue weighted by molar-refractivity contribution is -0.294. The fourth-order valence-corrected chi connectivity index (χ4v) is 3.03. The fraction of sp³-hybridized carbons (Fsp3) is 0.476. The van der Waals surface area contributed by atoms with Gasteiger partial charge in [0.1, 0.15) is 6.61 Å². The van der Waals surface area contributed by atoms with Crippen molar-refractivity contribution in [2.24, 2.45) is 0 Å². The van der Waals surface area contributed by atoms with Crippen molar-refractivity contribution >= 4 is 29.8 Å². The van der Waals surface area contributed by atoms with Gasteiger partial charge in [-0.1, -0.05) is 30.3 Å². The molecule has 1 aliphatic rings. The van der Waals surface area contributed by atoms with E-state index in [-0.39, 0.29) is 6.61 Å². The molecule has 1 aromatic rings. The molecule has 0 spiro atoms. The Hall–Kier alpha value is -3.47. The van der Waals surface area contributed by atoms with Crippen LogP contribution in [-0.2, 0) is 59.0 Å². The van der Waals surface area contributed by atoms with Crippen LogP contribution in [0.5, 0.6) is 0 Å². The molecule has 1 heterocycles. The number of esters is 5. The van der Waals surface area contributed by atoms with E-state index in [9.17, 15) is 24.0 Å². The highest BCUT2D eigenvalue weighted by molar-refractivity contribution is 5.77. The van der Waals surface area contributed by atoms with Crippen molar-refractivity contribution in [2.45, 2.75) is 65.0 Å². The van der Waals surface area contributed by atoms with Crippen LogP contribution in [0, 0.1) is 0 Å². The van der Waals surface area contributed by atoms with Crippen molar-refractivity contribution in [1.82, 2.24) is 0 Å². The first-order valence-electron chi connectivity index (χ1n) is 9.63. The molecule has 0 radical (unpaired) electrons. The second kappa shape index (κ2) is 11.2. The fourth-order valence-electron chi connectivity index (χ4n) is 3.03. The monoisotopic (exact) mass is 452 g/mol. The summed E-state index contributed by atoms with van der Waals surface area (Å²) in [5, 5.41) is 0. The van der Waals surface area contributed by atoms with Gasteiger partial charge in [0, 0.05) is 27.7 Å². The van der Waals surface area contributed by atoms with Gasteiger partial charge in [-0.25, -0.2) is 4.79 Å². The second-order valence-electron chi connectivity index (χ2n) is 6.85. The summed E-state index contributed by atoms with van der Waals surface area (Å²) in [6.45, 7) is 4.13. The summed E-state index contributed by atoms with van der Waals surface area (Å²) in [5.74, 6) is -4.28. The Bertz CT molecular complexity index is 851. The van der Waals surface area contributed by atoms with Gasteiger partial charge in [-0.05, 0) is 5.56 Å². The number of benzene rings is 1. The molecular weight excluding hydrogens is 428 g/mol. The molecule has 1 saturated heterocycles. The van der Waals surface area contributed by atoms with E-state index in [4.69, 9.17) is 28.4 Å². The molecule has 11 heteroatoms. The van der Waals surface area contributed by atoms with Crippen LogP contribution in [0.25, 0.3) is 0 Å². The lowest BCUT2D eigenvalue weighted by Crippen LogP contribution is -2.64. The Balaban J connectivity index is 2.38. The highest BCUT2D eigenvalue weighted by atomic mass is 16.7. The highest BCUT2D eigenvalue weighted by Gasteiger charge is 2.56. The Morgan fingerprint density at radius 3 is 1.75 bits per heavy atom. The van der Waals surface area contributed by atoms with E-state index in [0.717, 1.165) is 27.7 Å².